The fourth-order valence-electron chi connectivity index (χ4n) is 2.57. The number of aliphatic carboxylic acids is 1. The maximum Gasteiger partial charge on any atom is 0.335 e. The zero-order valence-corrected chi connectivity index (χ0v) is 12.3. The number of nitrogens with zero attached hydrogens (tertiary/aromatic N) is 2. The molecular formula is C16H16N2O5. The second-order valence-electron chi connectivity index (χ2n) is 5.57. The van der Waals surface area contributed by atoms with Crippen LogP contribution in [0, 0.1) is 0 Å². The minimum absolute atomic E-state index is 0.00620. The second-order valence-corrected chi connectivity index (χ2v) is 5.57. The molecule has 0 saturated carbocycles. The Morgan fingerprint density at radius 2 is 1.83 bits per heavy atom. The summed E-state index contributed by atoms with van der Waals surface area (Å²) in [5.74, 6) is -1.51. The van der Waals surface area contributed by atoms with Crippen LogP contribution in [0.25, 0.3) is 11.3 Å². The van der Waals surface area contributed by atoms with E-state index in [4.69, 9.17) is 9.63 Å². The third kappa shape index (κ3) is 2.95. The van der Waals surface area contributed by atoms with Gasteiger partial charge in [-0.2, -0.15) is 0 Å². The van der Waals surface area contributed by atoms with Gasteiger partial charge in [-0.1, -0.05) is 35.5 Å². The van der Waals surface area contributed by atoms with E-state index in [2.05, 4.69) is 5.16 Å². The molecule has 1 aromatic carbocycles. The number of hydrogen-bond donors (Lipinski definition) is 2. The lowest BCUT2D eigenvalue weighted by atomic mass is 9.91. The van der Waals surface area contributed by atoms with Gasteiger partial charge in [-0.05, 0) is 0 Å². The molecule has 1 saturated heterocycles. The molecule has 0 atom stereocenters. The maximum absolute atomic E-state index is 12.4. The van der Waals surface area contributed by atoms with E-state index in [9.17, 15) is 14.7 Å². The summed E-state index contributed by atoms with van der Waals surface area (Å²) in [4.78, 5) is 24.9. The Kier molecular flexibility index (Phi) is 3.87. The molecule has 1 aromatic heterocycles. The zero-order chi connectivity index (χ0) is 16.4. The number of amides is 1. The minimum Gasteiger partial charge on any atom is -0.479 e. The molecule has 1 fully saturated rings. The van der Waals surface area contributed by atoms with Gasteiger partial charge in [-0.15, -0.1) is 0 Å². The number of carboxylic acid groups (broad SMARTS) is 1. The summed E-state index contributed by atoms with van der Waals surface area (Å²) in [6, 6.07) is 10.9. The Morgan fingerprint density at radius 3 is 2.43 bits per heavy atom. The quantitative estimate of drug-likeness (QED) is 0.887. The van der Waals surface area contributed by atoms with Crippen molar-refractivity contribution in [1.82, 2.24) is 10.1 Å². The Morgan fingerprint density at radius 1 is 1.17 bits per heavy atom. The molecular weight excluding hydrogens is 300 g/mol. The van der Waals surface area contributed by atoms with Gasteiger partial charge in [-0.3, -0.25) is 4.79 Å². The molecule has 0 spiro atoms. The lowest BCUT2D eigenvalue weighted by Crippen LogP contribution is -2.50. The van der Waals surface area contributed by atoms with Crippen LogP contribution >= 0.6 is 0 Å². The van der Waals surface area contributed by atoms with E-state index in [1.807, 2.05) is 30.3 Å². The number of carbonyl (C=O) groups is 2. The Balaban J connectivity index is 1.70. The van der Waals surface area contributed by atoms with Gasteiger partial charge in [0.15, 0.2) is 5.60 Å². The molecule has 0 radical (unpaired) electrons. The van der Waals surface area contributed by atoms with Crippen LogP contribution in [0.4, 0.5) is 0 Å². The zero-order valence-electron chi connectivity index (χ0n) is 12.3. The molecule has 0 aliphatic carbocycles. The molecule has 23 heavy (non-hydrogen) atoms. The standard InChI is InChI=1S/C16H16N2O5/c19-14(18-8-6-16(22,7-9-18)15(20)21)13-10-12(17-23-13)11-4-2-1-3-5-11/h1-5,10,22H,6-9H2,(H,20,21). The van der Waals surface area contributed by atoms with Crippen molar-refractivity contribution in [2.24, 2.45) is 0 Å². The highest BCUT2D eigenvalue weighted by atomic mass is 16.5. The number of rotatable bonds is 3. The Bertz CT molecular complexity index is 717. The monoisotopic (exact) mass is 316 g/mol. The summed E-state index contributed by atoms with van der Waals surface area (Å²) in [7, 11) is 0. The molecule has 2 aromatic rings. The SMILES string of the molecule is O=C(c1cc(-c2ccccc2)no1)N1CCC(O)(C(=O)O)CC1. The van der Waals surface area contributed by atoms with Crippen LogP contribution in [-0.4, -0.2) is 50.8 Å². The number of aromatic nitrogens is 1. The Labute approximate surface area is 132 Å². The van der Waals surface area contributed by atoms with E-state index in [0.717, 1.165) is 5.56 Å². The van der Waals surface area contributed by atoms with Crippen LogP contribution in [0.3, 0.4) is 0 Å². The number of aliphatic hydroxyl groups is 1. The lowest BCUT2D eigenvalue weighted by molar-refractivity contribution is -0.162. The fraction of sp³-hybridized carbons (Fsp3) is 0.312. The molecule has 3 rings (SSSR count). The molecule has 1 aliphatic rings. The maximum atomic E-state index is 12.4. The van der Waals surface area contributed by atoms with Gasteiger partial charge in [-0.25, -0.2) is 4.79 Å². The highest BCUT2D eigenvalue weighted by molar-refractivity contribution is 5.92. The summed E-state index contributed by atoms with van der Waals surface area (Å²) in [6.07, 6.45) is -0.0124. The van der Waals surface area contributed by atoms with Crippen molar-refractivity contribution in [3.63, 3.8) is 0 Å². The van der Waals surface area contributed by atoms with E-state index in [0.29, 0.717) is 5.69 Å². The predicted octanol–water partition coefficient (Wildman–Crippen LogP) is 1.39. The van der Waals surface area contributed by atoms with Gasteiger partial charge in [0.05, 0.1) is 0 Å². The first kappa shape index (κ1) is 15.2. The number of piperidine rings is 1. The first-order valence-corrected chi connectivity index (χ1v) is 7.27. The normalized spacial score (nSPS) is 17.0. The molecule has 0 unspecified atom stereocenters. The van der Waals surface area contributed by atoms with Gasteiger partial charge in [0, 0.05) is 37.6 Å². The average Bonchev–Trinajstić information content (AvgIpc) is 3.05. The number of carbonyl (C=O) groups excluding carboxylic acids is 1. The molecule has 2 heterocycles. The van der Waals surface area contributed by atoms with Crippen molar-refractivity contribution >= 4 is 11.9 Å². The smallest absolute Gasteiger partial charge is 0.335 e. The van der Waals surface area contributed by atoms with E-state index < -0.39 is 11.6 Å². The number of benzene rings is 1. The van der Waals surface area contributed by atoms with Gasteiger partial charge in [0.1, 0.15) is 5.69 Å². The summed E-state index contributed by atoms with van der Waals surface area (Å²) < 4.78 is 5.11. The third-order valence-corrected chi connectivity index (χ3v) is 4.07. The average molecular weight is 316 g/mol. The predicted molar refractivity (Wildman–Crippen MR) is 79.7 cm³/mol. The van der Waals surface area contributed by atoms with Crippen LogP contribution in [-0.2, 0) is 4.79 Å². The van der Waals surface area contributed by atoms with Crippen LogP contribution < -0.4 is 0 Å². The topological polar surface area (TPSA) is 104 Å². The largest absolute Gasteiger partial charge is 0.479 e. The molecule has 7 nitrogen and oxygen atoms in total. The second kappa shape index (κ2) is 5.85. The first-order chi connectivity index (χ1) is 11.0. The van der Waals surface area contributed by atoms with E-state index in [1.54, 1.807) is 6.07 Å². The third-order valence-electron chi connectivity index (χ3n) is 4.07. The van der Waals surface area contributed by atoms with Gasteiger partial charge in [0.25, 0.3) is 5.91 Å². The van der Waals surface area contributed by atoms with Crippen molar-refractivity contribution < 1.29 is 24.3 Å². The molecule has 1 amide bonds. The Hall–Kier alpha value is -2.67. The molecule has 0 bridgehead atoms. The summed E-state index contributed by atoms with van der Waals surface area (Å²) in [5, 5.41) is 22.8. The molecule has 120 valence electrons. The van der Waals surface area contributed by atoms with Crippen molar-refractivity contribution in [2.45, 2.75) is 18.4 Å². The van der Waals surface area contributed by atoms with E-state index in [-0.39, 0.29) is 37.6 Å². The van der Waals surface area contributed by atoms with Crippen molar-refractivity contribution in [3.8, 4) is 11.3 Å². The van der Waals surface area contributed by atoms with E-state index >= 15 is 0 Å². The summed E-state index contributed by atoms with van der Waals surface area (Å²) >= 11 is 0. The summed E-state index contributed by atoms with van der Waals surface area (Å²) in [5.41, 5.74) is -0.352. The van der Waals surface area contributed by atoms with Crippen LogP contribution in [0.2, 0.25) is 0 Å². The van der Waals surface area contributed by atoms with Crippen LogP contribution in [0.15, 0.2) is 40.9 Å². The number of likely N-dealkylation sites (tertiary alicyclic amines) is 1. The van der Waals surface area contributed by atoms with Crippen molar-refractivity contribution in [1.29, 1.82) is 0 Å². The lowest BCUT2D eigenvalue weighted by Gasteiger charge is -2.34. The van der Waals surface area contributed by atoms with Gasteiger partial charge in [0.2, 0.25) is 5.76 Å². The fourth-order valence-corrected chi connectivity index (χ4v) is 2.57. The highest BCUT2D eigenvalue weighted by Crippen LogP contribution is 2.25. The van der Waals surface area contributed by atoms with Gasteiger partial charge >= 0.3 is 5.97 Å². The van der Waals surface area contributed by atoms with E-state index in [1.165, 1.54) is 4.90 Å². The van der Waals surface area contributed by atoms with Crippen molar-refractivity contribution in [2.75, 3.05) is 13.1 Å². The van der Waals surface area contributed by atoms with Crippen molar-refractivity contribution in [3.05, 3.63) is 42.2 Å². The molecule has 2 N–H and O–H groups in total. The minimum atomic E-state index is -1.76. The summed E-state index contributed by atoms with van der Waals surface area (Å²) in [6.45, 7) is 0.312. The van der Waals surface area contributed by atoms with Crippen LogP contribution in [0.5, 0.6) is 0 Å². The van der Waals surface area contributed by atoms with Crippen LogP contribution in [0.1, 0.15) is 23.4 Å². The molecule has 7 heteroatoms. The first-order valence-electron chi connectivity index (χ1n) is 7.27. The van der Waals surface area contributed by atoms with Gasteiger partial charge < -0.3 is 19.6 Å². The number of hydrogen-bond acceptors (Lipinski definition) is 5. The highest BCUT2D eigenvalue weighted by Gasteiger charge is 2.41. The number of carboxylic acids is 1. The molecule has 1 aliphatic heterocycles.